The van der Waals surface area contributed by atoms with Crippen molar-refractivity contribution in [3.63, 3.8) is 0 Å². The molecular weight excluding hydrogens is 391 g/mol. The highest BCUT2D eigenvalue weighted by atomic mass is 32.2. The zero-order chi connectivity index (χ0) is 20.8. The molecule has 2 aliphatic rings. The van der Waals surface area contributed by atoms with Gasteiger partial charge in [-0.1, -0.05) is 31.2 Å². The Labute approximate surface area is 171 Å². The Morgan fingerprint density at radius 1 is 1.17 bits per heavy atom. The Morgan fingerprint density at radius 2 is 1.83 bits per heavy atom. The molecule has 1 amide bonds. The Kier molecular flexibility index (Phi) is 4.89. The largest absolute Gasteiger partial charge is 0.342 e. The first-order valence-electron chi connectivity index (χ1n) is 9.77. The van der Waals surface area contributed by atoms with Gasteiger partial charge in [-0.05, 0) is 53.6 Å². The summed E-state index contributed by atoms with van der Waals surface area (Å²) in [6, 6.07) is 13.8. The molecule has 2 atom stereocenters. The maximum absolute atomic E-state index is 13.0. The third-order valence-corrected chi connectivity index (χ3v) is 7.04. The average molecular weight is 417 g/mol. The van der Waals surface area contributed by atoms with Crippen LogP contribution in [0.1, 0.15) is 24.5 Å². The normalized spacial score (nSPS) is 25.6. The summed E-state index contributed by atoms with van der Waals surface area (Å²) >= 11 is 0. The highest BCUT2D eigenvalue weighted by Crippen LogP contribution is 2.63. The summed E-state index contributed by atoms with van der Waals surface area (Å²) in [6.07, 6.45) is 2.18. The van der Waals surface area contributed by atoms with Crippen LogP contribution in [0.3, 0.4) is 0 Å². The maximum Gasteiger partial charge on any atom is 0.229 e. The molecule has 0 spiro atoms. The van der Waals surface area contributed by atoms with E-state index in [1.807, 2.05) is 23.1 Å². The predicted octanol–water partition coefficient (Wildman–Crippen LogP) is 3.18. The number of carbonyl (C=O) groups excluding carboxylic acids is 1. The number of anilines is 1. The van der Waals surface area contributed by atoms with E-state index in [9.17, 15) is 17.6 Å². The van der Waals surface area contributed by atoms with E-state index in [-0.39, 0.29) is 17.1 Å². The van der Waals surface area contributed by atoms with Gasteiger partial charge in [0.05, 0.1) is 6.26 Å². The van der Waals surface area contributed by atoms with Crippen LogP contribution in [0.25, 0.3) is 0 Å². The van der Waals surface area contributed by atoms with E-state index in [4.69, 9.17) is 0 Å². The van der Waals surface area contributed by atoms with Crippen molar-refractivity contribution < 1.29 is 17.6 Å². The number of hydrogen-bond donors (Lipinski definition) is 1. The number of rotatable bonds is 6. The molecule has 1 heterocycles. The zero-order valence-electron chi connectivity index (χ0n) is 16.6. The molecule has 0 radical (unpaired) electrons. The second-order valence-electron chi connectivity index (χ2n) is 8.38. The first-order chi connectivity index (χ1) is 13.7. The Morgan fingerprint density at radius 3 is 2.45 bits per heavy atom. The number of amides is 1. The van der Waals surface area contributed by atoms with Gasteiger partial charge in [0.1, 0.15) is 5.82 Å². The van der Waals surface area contributed by atoms with Gasteiger partial charge in [0, 0.05) is 30.6 Å². The van der Waals surface area contributed by atoms with E-state index in [0.29, 0.717) is 30.4 Å². The van der Waals surface area contributed by atoms with Crippen molar-refractivity contribution >= 4 is 21.6 Å². The van der Waals surface area contributed by atoms with E-state index in [2.05, 4.69) is 11.6 Å². The summed E-state index contributed by atoms with van der Waals surface area (Å²) in [4.78, 5) is 14.5. The lowest BCUT2D eigenvalue weighted by Crippen LogP contribution is -2.34. The summed E-state index contributed by atoms with van der Waals surface area (Å²) < 4.78 is 38.5. The molecule has 1 saturated carbocycles. The van der Waals surface area contributed by atoms with Crippen LogP contribution in [0.5, 0.6) is 0 Å². The van der Waals surface area contributed by atoms with Crippen LogP contribution in [0.2, 0.25) is 0 Å². The number of benzene rings is 2. The molecule has 0 bridgehead atoms. The highest BCUT2D eigenvalue weighted by molar-refractivity contribution is 7.92. The van der Waals surface area contributed by atoms with E-state index in [1.54, 1.807) is 18.2 Å². The summed E-state index contributed by atoms with van der Waals surface area (Å²) in [5.41, 5.74) is 2.62. The smallest absolute Gasteiger partial charge is 0.229 e. The molecule has 0 aromatic heterocycles. The number of sulfonamides is 1. The van der Waals surface area contributed by atoms with Crippen LogP contribution in [0.4, 0.5) is 10.1 Å². The van der Waals surface area contributed by atoms with Crippen LogP contribution < -0.4 is 4.72 Å². The van der Waals surface area contributed by atoms with E-state index in [0.717, 1.165) is 30.5 Å². The van der Waals surface area contributed by atoms with Crippen LogP contribution in [0, 0.1) is 17.7 Å². The number of nitrogens with zero attached hydrogens (tertiary/aromatic N) is 1. The SMILES string of the molecule is CC1(c2cccc(NS(C)(=O)=O)c2)C2CN(C(=O)CCc3ccc(F)cc3)CC21. The predicted molar refractivity (Wildman–Crippen MR) is 111 cm³/mol. The average Bonchev–Trinajstić information content (AvgIpc) is 3.02. The first kappa shape index (κ1) is 19.9. The summed E-state index contributed by atoms with van der Waals surface area (Å²) in [5.74, 6) is 0.655. The number of aryl methyl sites for hydroxylation is 1. The number of halogens is 1. The minimum Gasteiger partial charge on any atom is -0.342 e. The van der Waals surface area contributed by atoms with E-state index >= 15 is 0 Å². The lowest BCUT2D eigenvalue weighted by Gasteiger charge is -2.25. The van der Waals surface area contributed by atoms with E-state index < -0.39 is 10.0 Å². The van der Waals surface area contributed by atoms with Crippen molar-refractivity contribution in [2.24, 2.45) is 11.8 Å². The number of piperidine rings is 1. The number of likely N-dealkylation sites (tertiary alicyclic amines) is 1. The van der Waals surface area contributed by atoms with Gasteiger partial charge >= 0.3 is 0 Å². The summed E-state index contributed by atoms with van der Waals surface area (Å²) in [5, 5.41) is 0. The maximum atomic E-state index is 13.0. The van der Waals surface area contributed by atoms with Gasteiger partial charge in [-0.2, -0.15) is 0 Å². The minimum absolute atomic E-state index is 0.0249. The molecule has 5 nitrogen and oxygen atoms in total. The van der Waals surface area contributed by atoms with Gasteiger partial charge in [-0.25, -0.2) is 12.8 Å². The van der Waals surface area contributed by atoms with Crippen LogP contribution >= 0.6 is 0 Å². The van der Waals surface area contributed by atoms with Crippen LogP contribution in [0.15, 0.2) is 48.5 Å². The zero-order valence-corrected chi connectivity index (χ0v) is 17.4. The number of nitrogens with one attached hydrogen (secondary N) is 1. The van der Waals surface area contributed by atoms with Crippen molar-refractivity contribution in [2.45, 2.75) is 25.2 Å². The molecule has 2 unspecified atom stereocenters. The topological polar surface area (TPSA) is 66.5 Å². The van der Waals surface area contributed by atoms with Crippen molar-refractivity contribution in [1.29, 1.82) is 0 Å². The first-order valence-corrected chi connectivity index (χ1v) is 11.7. The van der Waals surface area contributed by atoms with Crippen LogP contribution in [-0.2, 0) is 26.7 Å². The molecule has 2 fully saturated rings. The Bertz CT molecular complexity index is 1020. The number of fused-ring (bicyclic) bond motifs is 1. The molecular formula is C22H25FN2O3S. The van der Waals surface area contributed by atoms with Gasteiger partial charge in [-0.15, -0.1) is 0 Å². The highest BCUT2D eigenvalue weighted by Gasteiger charge is 2.66. The molecule has 1 aliphatic carbocycles. The standard InChI is InChI=1S/C22H25FN2O3S/c1-22(16-4-3-5-18(12-16)24-29(2,27)28)19-13-25(14-20(19)22)21(26)11-8-15-6-9-17(23)10-7-15/h3-7,9-10,12,19-20,24H,8,11,13-14H2,1-2H3. The number of carbonyl (C=O) groups is 1. The third-order valence-electron chi connectivity index (χ3n) is 6.43. The monoisotopic (exact) mass is 416 g/mol. The minimum atomic E-state index is -3.31. The van der Waals surface area contributed by atoms with Gasteiger partial charge in [-0.3, -0.25) is 9.52 Å². The fourth-order valence-electron chi connectivity index (χ4n) is 4.71. The van der Waals surface area contributed by atoms with Gasteiger partial charge in [0.25, 0.3) is 0 Å². The van der Waals surface area contributed by atoms with Crippen molar-refractivity contribution in [1.82, 2.24) is 4.90 Å². The molecule has 2 aromatic carbocycles. The van der Waals surface area contributed by atoms with Crippen molar-refractivity contribution in [3.05, 3.63) is 65.5 Å². The molecule has 7 heteroatoms. The number of hydrogen-bond acceptors (Lipinski definition) is 3. The summed E-state index contributed by atoms with van der Waals surface area (Å²) in [7, 11) is -3.31. The molecule has 1 saturated heterocycles. The molecule has 1 aliphatic heterocycles. The summed E-state index contributed by atoms with van der Waals surface area (Å²) in [6.45, 7) is 3.66. The van der Waals surface area contributed by atoms with Crippen molar-refractivity contribution in [2.75, 3.05) is 24.1 Å². The Balaban J connectivity index is 1.36. The fourth-order valence-corrected chi connectivity index (χ4v) is 5.26. The molecule has 29 heavy (non-hydrogen) atoms. The van der Waals surface area contributed by atoms with Gasteiger partial charge in [0.2, 0.25) is 15.9 Å². The quantitative estimate of drug-likeness (QED) is 0.787. The van der Waals surface area contributed by atoms with Crippen LogP contribution in [-0.4, -0.2) is 38.6 Å². The van der Waals surface area contributed by atoms with Gasteiger partial charge < -0.3 is 4.90 Å². The third kappa shape index (κ3) is 4.01. The lowest BCUT2D eigenvalue weighted by molar-refractivity contribution is -0.130. The second kappa shape index (κ2) is 7.13. The van der Waals surface area contributed by atoms with Gasteiger partial charge in [0.15, 0.2) is 0 Å². The molecule has 2 aromatic rings. The lowest BCUT2D eigenvalue weighted by atomic mass is 9.92. The van der Waals surface area contributed by atoms with E-state index in [1.165, 1.54) is 12.1 Å². The molecule has 154 valence electrons. The molecule has 4 rings (SSSR count). The molecule has 1 N–H and O–H groups in total. The van der Waals surface area contributed by atoms with Crippen molar-refractivity contribution in [3.8, 4) is 0 Å². The fraction of sp³-hybridized carbons (Fsp3) is 0.409. The second-order valence-corrected chi connectivity index (χ2v) is 10.1. The Hall–Kier alpha value is -2.41.